The molecule has 0 saturated heterocycles. The van der Waals surface area contributed by atoms with Crippen molar-refractivity contribution in [1.29, 1.82) is 0 Å². The summed E-state index contributed by atoms with van der Waals surface area (Å²) in [5.41, 5.74) is 15.2. The molecule has 0 saturated carbocycles. The van der Waals surface area contributed by atoms with Crippen LogP contribution in [0.2, 0.25) is 0 Å². The lowest BCUT2D eigenvalue weighted by atomic mass is 9.82. The van der Waals surface area contributed by atoms with Gasteiger partial charge in [-0.15, -0.1) is 0 Å². The van der Waals surface area contributed by atoms with Crippen LogP contribution in [0.25, 0.3) is 66.1 Å². The molecule has 1 aliphatic carbocycles. The van der Waals surface area contributed by atoms with Gasteiger partial charge >= 0.3 is 0 Å². The molecule has 1 aliphatic rings. The standard InChI is InChI=1S/C49H35NO/c1-49(2)44-18-10-8-17-40(44)43-31-37(26-29-45(43)49)50(46-19-11-9-15-38(46)33-12-4-3-5-13-33)36-24-20-32(21-25-36)35-23-27-41-42-28-22-34-14-6-7-16-39(34)48(42)51-47(41)30-35/h3-31H,1-2H3. The lowest BCUT2D eigenvalue weighted by Gasteiger charge is -2.29. The van der Waals surface area contributed by atoms with Gasteiger partial charge in [-0.2, -0.15) is 0 Å². The summed E-state index contributed by atoms with van der Waals surface area (Å²) in [5.74, 6) is 0. The fourth-order valence-electron chi connectivity index (χ4n) is 8.29. The van der Waals surface area contributed by atoms with Crippen molar-refractivity contribution in [3.8, 4) is 33.4 Å². The largest absolute Gasteiger partial charge is 0.455 e. The number of fused-ring (bicyclic) bond motifs is 8. The molecule has 0 atom stereocenters. The quantitative estimate of drug-likeness (QED) is 0.184. The Balaban J connectivity index is 1.10. The van der Waals surface area contributed by atoms with E-state index >= 15 is 0 Å². The molecule has 0 radical (unpaired) electrons. The topological polar surface area (TPSA) is 16.4 Å². The third kappa shape index (κ3) is 4.64. The Morgan fingerprint density at radius 2 is 1.10 bits per heavy atom. The van der Waals surface area contributed by atoms with Gasteiger partial charge in [-0.25, -0.2) is 0 Å². The Bertz CT molecular complexity index is 2770. The van der Waals surface area contributed by atoms with E-state index in [9.17, 15) is 0 Å². The first-order valence-electron chi connectivity index (χ1n) is 17.7. The predicted molar refractivity (Wildman–Crippen MR) is 214 cm³/mol. The zero-order valence-corrected chi connectivity index (χ0v) is 28.6. The molecule has 0 bridgehead atoms. The third-order valence-corrected chi connectivity index (χ3v) is 10.9. The highest BCUT2D eigenvalue weighted by Gasteiger charge is 2.35. The van der Waals surface area contributed by atoms with E-state index in [-0.39, 0.29) is 5.41 Å². The molecule has 10 rings (SSSR count). The maximum atomic E-state index is 6.53. The van der Waals surface area contributed by atoms with E-state index in [4.69, 9.17) is 4.42 Å². The number of para-hydroxylation sites is 1. The van der Waals surface area contributed by atoms with Crippen molar-refractivity contribution in [1.82, 2.24) is 0 Å². The summed E-state index contributed by atoms with van der Waals surface area (Å²) >= 11 is 0. The van der Waals surface area contributed by atoms with Crippen LogP contribution < -0.4 is 4.90 Å². The zero-order chi connectivity index (χ0) is 34.1. The van der Waals surface area contributed by atoms with Crippen molar-refractivity contribution in [2.24, 2.45) is 0 Å². The number of hydrogen-bond donors (Lipinski definition) is 0. The van der Waals surface area contributed by atoms with Gasteiger partial charge in [0.25, 0.3) is 0 Å². The van der Waals surface area contributed by atoms with Crippen molar-refractivity contribution in [3.63, 3.8) is 0 Å². The molecule has 0 aliphatic heterocycles. The van der Waals surface area contributed by atoms with E-state index < -0.39 is 0 Å². The van der Waals surface area contributed by atoms with Gasteiger partial charge in [0, 0.05) is 38.5 Å². The van der Waals surface area contributed by atoms with Crippen molar-refractivity contribution < 1.29 is 4.42 Å². The summed E-state index contributed by atoms with van der Waals surface area (Å²) in [5, 5.41) is 4.63. The SMILES string of the molecule is CC1(C)c2ccccc2-c2cc(N(c3ccc(-c4ccc5c(c4)oc4c6ccccc6ccc54)cc3)c3ccccc3-c3ccccc3)ccc21. The Hall–Kier alpha value is -6.38. The Morgan fingerprint density at radius 3 is 1.96 bits per heavy atom. The minimum atomic E-state index is -0.0487. The van der Waals surface area contributed by atoms with Gasteiger partial charge in [0.05, 0.1) is 5.69 Å². The minimum Gasteiger partial charge on any atom is -0.455 e. The van der Waals surface area contributed by atoms with E-state index in [0.717, 1.165) is 55.5 Å². The maximum absolute atomic E-state index is 6.53. The molecular formula is C49H35NO. The van der Waals surface area contributed by atoms with Crippen LogP contribution in [0.4, 0.5) is 17.1 Å². The second kappa shape index (κ2) is 11.3. The third-order valence-electron chi connectivity index (χ3n) is 10.9. The molecule has 2 nitrogen and oxygen atoms in total. The molecule has 0 amide bonds. The first kappa shape index (κ1) is 29.5. The molecule has 9 aromatic rings. The average Bonchev–Trinajstić information content (AvgIpc) is 3.67. The van der Waals surface area contributed by atoms with Crippen LogP contribution in [0.1, 0.15) is 25.0 Å². The molecule has 242 valence electrons. The van der Waals surface area contributed by atoms with Gasteiger partial charge in [0.1, 0.15) is 11.2 Å². The van der Waals surface area contributed by atoms with E-state index in [1.807, 2.05) is 0 Å². The van der Waals surface area contributed by atoms with Gasteiger partial charge in [0.15, 0.2) is 0 Å². The lowest BCUT2D eigenvalue weighted by molar-refractivity contribution is 0.660. The smallest absolute Gasteiger partial charge is 0.143 e. The summed E-state index contributed by atoms with van der Waals surface area (Å²) in [6, 6.07) is 63.6. The van der Waals surface area contributed by atoms with Gasteiger partial charge < -0.3 is 9.32 Å². The second-order valence-corrected chi connectivity index (χ2v) is 14.1. The van der Waals surface area contributed by atoms with E-state index in [2.05, 4.69) is 195 Å². The van der Waals surface area contributed by atoms with Gasteiger partial charge in [-0.05, 0) is 92.9 Å². The number of nitrogens with zero attached hydrogens (tertiary/aromatic N) is 1. The lowest BCUT2D eigenvalue weighted by Crippen LogP contribution is -2.15. The monoisotopic (exact) mass is 653 g/mol. The van der Waals surface area contributed by atoms with Crippen LogP contribution in [0.3, 0.4) is 0 Å². The van der Waals surface area contributed by atoms with Crippen LogP contribution in [0.5, 0.6) is 0 Å². The molecule has 0 fully saturated rings. The van der Waals surface area contributed by atoms with Gasteiger partial charge in [-0.1, -0.05) is 141 Å². The number of anilines is 3. The normalized spacial score (nSPS) is 13.1. The molecule has 2 heteroatoms. The van der Waals surface area contributed by atoms with Crippen LogP contribution in [0.15, 0.2) is 180 Å². The molecular weight excluding hydrogens is 619 g/mol. The number of hydrogen-bond acceptors (Lipinski definition) is 2. The van der Waals surface area contributed by atoms with Crippen LogP contribution in [-0.2, 0) is 5.41 Å². The van der Waals surface area contributed by atoms with E-state index in [0.29, 0.717) is 0 Å². The highest BCUT2D eigenvalue weighted by molar-refractivity contribution is 6.15. The fourth-order valence-corrected chi connectivity index (χ4v) is 8.29. The molecule has 1 aromatic heterocycles. The molecule has 0 spiro atoms. The van der Waals surface area contributed by atoms with E-state index in [1.54, 1.807) is 0 Å². The highest BCUT2D eigenvalue weighted by Crippen LogP contribution is 2.51. The molecule has 51 heavy (non-hydrogen) atoms. The van der Waals surface area contributed by atoms with Crippen molar-refractivity contribution in [2.75, 3.05) is 4.90 Å². The highest BCUT2D eigenvalue weighted by atomic mass is 16.3. The summed E-state index contributed by atoms with van der Waals surface area (Å²) < 4.78 is 6.53. The van der Waals surface area contributed by atoms with Crippen molar-refractivity contribution in [3.05, 3.63) is 187 Å². The van der Waals surface area contributed by atoms with Crippen LogP contribution in [-0.4, -0.2) is 0 Å². The van der Waals surface area contributed by atoms with Crippen molar-refractivity contribution in [2.45, 2.75) is 19.3 Å². The summed E-state index contributed by atoms with van der Waals surface area (Å²) in [4.78, 5) is 2.41. The summed E-state index contributed by atoms with van der Waals surface area (Å²) in [6.45, 7) is 4.67. The van der Waals surface area contributed by atoms with Crippen LogP contribution in [0, 0.1) is 0 Å². The zero-order valence-electron chi connectivity index (χ0n) is 28.6. The minimum absolute atomic E-state index is 0.0487. The second-order valence-electron chi connectivity index (χ2n) is 14.1. The Kier molecular flexibility index (Phi) is 6.56. The average molecular weight is 654 g/mol. The number of furan rings is 1. The molecule has 0 N–H and O–H groups in total. The molecule has 8 aromatic carbocycles. The number of rotatable bonds is 5. The predicted octanol–water partition coefficient (Wildman–Crippen LogP) is 13.8. The van der Waals surface area contributed by atoms with Crippen LogP contribution >= 0.6 is 0 Å². The summed E-state index contributed by atoms with van der Waals surface area (Å²) in [6.07, 6.45) is 0. The Labute approximate surface area is 297 Å². The molecule has 0 unspecified atom stereocenters. The maximum Gasteiger partial charge on any atom is 0.143 e. The Morgan fingerprint density at radius 1 is 0.431 bits per heavy atom. The van der Waals surface area contributed by atoms with Gasteiger partial charge in [-0.3, -0.25) is 0 Å². The molecule has 1 heterocycles. The van der Waals surface area contributed by atoms with Gasteiger partial charge in [0.2, 0.25) is 0 Å². The number of benzene rings is 8. The first-order chi connectivity index (χ1) is 25.0. The summed E-state index contributed by atoms with van der Waals surface area (Å²) in [7, 11) is 0. The fraction of sp³-hybridized carbons (Fsp3) is 0.0612. The first-order valence-corrected chi connectivity index (χ1v) is 17.7. The van der Waals surface area contributed by atoms with E-state index in [1.165, 1.54) is 38.8 Å². The van der Waals surface area contributed by atoms with Crippen molar-refractivity contribution >= 4 is 49.8 Å².